The molecule has 112 valence electrons. The van der Waals surface area contributed by atoms with Crippen LogP contribution in [0.4, 0.5) is 0 Å². The summed E-state index contributed by atoms with van der Waals surface area (Å²) in [7, 11) is 5.76. The van der Waals surface area contributed by atoms with Crippen LogP contribution in [-0.4, -0.2) is 75.2 Å². The zero-order valence-electron chi connectivity index (χ0n) is 12.8. The normalized spacial score (nSPS) is 23.3. The summed E-state index contributed by atoms with van der Waals surface area (Å²) in [5.74, 6) is -0.139. The molecular weight excluding hydrogens is 242 g/mol. The third-order valence-corrected chi connectivity index (χ3v) is 3.91. The Labute approximate surface area is 117 Å². The summed E-state index contributed by atoms with van der Waals surface area (Å²) in [5, 5.41) is 3.38. The van der Waals surface area contributed by atoms with Gasteiger partial charge < -0.3 is 15.0 Å². The predicted molar refractivity (Wildman–Crippen MR) is 77.2 cm³/mol. The molecule has 0 aromatic rings. The van der Waals surface area contributed by atoms with Crippen molar-refractivity contribution >= 4 is 5.97 Å². The molecular formula is C14H29N3O2. The van der Waals surface area contributed by atoms with Gasteiger partial charge in [-0.3, -0.25) is 9.69 Å². The standard InChI is InChI=1S/C14H29N3O2/c1-5-6-7-13(14(18)19-4)15-10-12-11-16(2)8-9-17(12)3/h12-13,15H,5-11H2,1-4H3. The molecule has 0 amide bonds. The first-order chi connectivity index (χ1) is 9.08. The van der Waals surface area contributed by atoms with Crippen molar-refractivity contribution in [2.45, 2.75) is 38.3 Å². The molecule has 2 unspecified atom stereocenters. The second-order valence-electron chi connectivity index (χ2n) is 5.52. The number of hydrogen-bond acceptors (Lipinski definition) is 5. The number of hydrogen-bond donors (Lipinski definition) is 1. The summed E-state index contributed by atoms with van der Waals surface area (Å²) >= 11 is 0. The van der Waals surface area contributed by atoms with Crippen molar-refractivity contribution in [2.75, 3.05) is 47.4 Å². The molecule has 1 saturated heterocycles. The van der Waals surface area contributed by atoms with E-state index in [0.717, 1.165) is 45.4 Å². The first kappa shape index (κ1) is 16.4. The van der Waals surface area contributed by atoms with Gasteiger partial charge in [-0.1, -0.05) is 19.8 Å². The number of carbonyl (C=O) groups is 1. The summed E-state index contributed by atoms with van der Waals surface area (Å²) in [6.07, 6.45) is 3.00. The van der Waals surface area contributed by atoms with Crippen LogP contribution in [0.1, 0.15) is 26.2 Å². The fourth-order valence-corrected chi connectivity index (χ4v) is 2.45. The Morgan fingerprint density at radius 2 is 2.16 bits per heavy atom. The molecule has 0 bridgehead atoms. The third kappa shape index (κ3) is 5.47. The SMILES string of the molecule is CCCCC(NCC1CN(C)CCN1C)C(=O)OC. The molecule has 19 heavy (non-hydrogen) atoms. The van der Waals surface area contributed by atoms with Gasteiger partial charge in [0.05, 0.1) is 7.11 Å². The Morgan fingerprint density at radius 3 is 2.79 bits per heavy atom. The van der Waals surface area contributed by atoms with Crippen LogP contribution >= 0.6 is 0 Å². The van der Waals surface area contributed by atoms with Gasteiger partial charge >= 0.3 is 5.97 Å². The number of carbonyl (C=O) groups excluding carboxylic acids is 1. The number of ether oxygens (including phenoxy) is 1. The number of nitrogens with zero attached hydrogens (tertiary/aromatic N) is 2. The van der Waals surface area contributed by atoms with Gasteiger partial charge in [0.2, 0.25) is 0 Å². The van der Waals surface area contributed by atoms with Crippen LogP contribution in [0.25, 0.3) is 0 Å². The topological polar surface area (TPSA) is 44.8 Å². The monoisotopic (exact) mass is 271 g/mol. The summed E-state index contributed by atoms with van der Waals surface area (Å²) < 4.78 is 4.87. The van der Waals surface area contributed by atoms with Crippen LogP contribution in [0.3, 0.4) is 0 Å². The van der Waals surface area contributed by atoms with Gasteiger partial charge in [0.25, 0.3) is 0 Å². The van der Waals surface area contributed by atoms with Gasteiger partial charge in [0.1, 0.15) is 6.04 Å². The van der Waals surface area contributed by atoms with Crippen molar-refractivity contribution < 1.29 is 9.53 Å². The van der Waals surface area contributed by atoms with Gasteiger partial charge in [-0.05, 0) is 20.5 Å². The lowest BCUT2D eigenvalue weighted by Crippen LogP contribution is -2.55. The summed E-state index contributed by atoms with van der Waals surface area (Å²) in [5.41, 5.74) is 0. The lowest BCUT2D eigenvalue weighted by atomic mass is 10.1. The molecule has 0 aromatic heterocycles. The van der Waals surface area contributed by atoms with E-state index in [9.17, 15) is 4.79 Å². The maximum Gasteiger partial charge on any atom is 0.322 e. The van der Waals surface area contributed by atoms with Gasteiger partial charge in [0.15, 0.2) is 0 Å². The van der Waals surface area contributed by atoms with Crippen molar-refractivity contribution in [2.24, 2.45) is 0 Å². The Bertz CT molecular complexity index is 273. The minimum atomic E-state index is -0.161. The van der Waals surface area contributed by atoms with Gasteiger partial charge in [-0.2, -0.15) is 0 Å². The minimum absolute atomic E-state index is 0.139. The second kappa shape index (κ2) is 8.51. The molecule has 0 spiro atoms. The van der Waals surface area contributed by atoms with E-state index in [2.05, 4.69) is 36.1 Å². The smallest absolute Gasteiger partial charge is 0.322 e. The van der Waals surface area contributed by atoms with Crippen molar-refractivity contribution in [3.63, 3.8) is 0 Å². The van der Waals surface area contributed by atoms with Crippen molar-refractivity contribution in [3.05, 3.63) is 0 Å². The van der Waals surface area contributed by atoms with Crippen LogP contribution in [0.5, 0.6) is 0 Å². The maximum absolute atomic E-state index is 11.7. The summed E-state index contributed by atoms with van der Waals surface area (Å²) in [6, 6.07) is 0.304. The fourth-order valence-electron chi connectivity index (χ4n) is 2.45. The van der Waals surface area contributed by atoms with Crippen LogP contribution in [-0.2, 0) is 9.53 Å². The largest absolute Gasteiger partial charge is 0.468 e. The number of esters is 1. The quantitative estimate of drug-likeness (QED) is 0.685. The lowest BCUT2D eigenvalue weighted by molar-refractivity contribution is -0.143. The molecule has 1 aliphatic heterocycles. The highest BCUT2D eigenvalue weighted by Gasteiger charge is 2.25. The molecule has 2 atom stereocenters. The number of rotatable bonds is 7. The fraction of sp³-hybridized carbons (Fsp3) is 0.929. The molecule has 0 aromatic carbocycles. The molecule has 0 aliphatic carbocycles. The summed E-state index contributed by atoms with van der Waals surface area (Å²) in [4.78, 5) is 16.4. The highest BCUT2D eigenvalue weighted by atomic mass is 16.5. The summed E-state index contributed by atoms with van der Waals surface area (Å²) in [6.45, 7) is 6.22. The van der Waals surface area contributed by atoms with E-state index in [1.54, 1.807) is 0 Å². The first-order valence-electron chi connectivity index (χ1n) is 7.28. The molecule has 1 N–H and O–H groups in total. The van der Waals surface area contributed by atoms with E-state index in [0.29, 0.717) is 6.04 Å². The number of unbranched alkanes of at least 4 members (excludes halogenated alkanes) is 1. The van der Waals surface area contributed by atoms with E-state index in [-0.39, 0.29) is 12.0 Å². The third-order valence-electron chi connectivity index (χ3n) is 3.91. The van der Waals surface area contributed by atoms with Crippen molar-refractivity contribution in [1.82, 2.24) is 15.1 Å². The van der Waals surface area contributed by atoms with Crippen molar-refractivity contribution in [1.29, 1.82) is 0 Å². The molecule has 1 rings (SSSR count). The van der Waals surface area contributed by atoms with E-state index >= 15 is 0 Å². The Hall–Kier alpha value is -0.650. The zero-order valence-corrected chi connectivity index (χ0v) is 12.8. The first-order valence-corrected chi connectivity index (χ1v) is 7.28. The lowest BCUT2D eigenvalue weighted by Gasteiger charge is -2.38. The molecule has 5 nitrogen and oxygen atoms in total. The molecule has 1 fully saturated rings. The Morgan fingerprint density at radius 1 is 1.42 bits per heavy atom. The highest BCUT2D eigenvalue weighted by Crippen LogP contribution is 2.07. The molecule has 0 saturated carbocycles. The van der Waals surface area contributed by atoms with E-state index < -0.39 is 0 Å². The molecule has 0 radical (unpaired) electrons. The highest BCUT2D eigenvalue weighted by molar-refractivity contribution is 5.75. The van der Waals surface area contributed by atoms with E-state index in [1.807, 2.05) is 0 Å². The minimum Gasteiger partial charge on any atom is -0.468 e. The Balaban J connectivity index is 2.43. The van der Waals surface area contributed by atoms with Crippen LogP contribution in [0.2, 0.25) is 0 Å². The van der Waals surface area contributed by atoms with Gasteiger partial charge in [-0.25, -0.2) is 0 Å². The van der Waals surface area contributed by atoms with E-state index in [4.69, 9.17) is 4.74 Å². The van der Waals surface area contributed by atoms with Crippen LogP contribution < -0.4 is 5.32 Å². The maximum atomic E-state index is 11.7. The number of nitrogens with one attached hydrogen (secondary N) is 1. The van der Waals surface area contributed by atoms with Crippen LogP contribution in [0.15, 0.2) is 0 Å². The molecule has 1 heterocycles. The Kier molecular flexibility index (Phi) is 7.34. The molecule has 1 aliphatic rings. The van der Waals surface area contributed by atoms with E-state index in [1.165, 1.54) is 7.11 Å². The average molecular weight is 271 g/mol. The average Bonchev–Trinajstić information content (AvgIpc) is 2.41. The van der Waals surface area contributed by atoms with Crippen LogP contribution in [0, 0.1) is 0 Å². The second-order valence-corrected chi connectivity index (χ2v) is 5.52. The zero-order chi connectivity index (χ0) is 14.3. The van der Waals surface area contributed by atoms with Gasteiger partial charge in [-0.15, -0.1) is 0 Å². The number of likely N-dealkylation sites (N-methyl/N-ethyl adjacent to an activating group) is 2. The predicted octanol–water partition coefficient (Wildman–Crippen LogP) is 0.554. The number of piperazine rings is 1. The van der Waals surface area contributed by atoms with Crippen molar-refractivity contribution in [3.8, 4) is 0 Å². The van der Waals surface area contributed by atoms with Gasteiger partial charge in [0, 0.05) is 32.2 Å². The number of methoxy groups -OCH3 is 1. The molecule has 5 heteroatoms.